The Bertz CT molecular complexity index is 213. The van der Waals surface area contributed by atoms with Gasteiger partial charge in [0.05, 0.1) is 0 Å². The van der Waals surface area contributed by atoms with Gasteiger partial charge in [-0.05, 0) is 11.3 Å². The molecule has 0 aliphatic carbocycles. The Morgan fingerprint density at radius 1 is 1.43 bits per heavy atom. The molecule has 1 rings (SSSR count). The van der Waals surface area contributed by atoms with Gasteiger partial charge in [-0.2, -0.15) is 5.10 Å². The summed E-state index contributed by atoms with van der Waals surface area (Å²) in [5.74, 6) is 1.89. The Morgan fingerprint density at radius 3 is 2.57 bits per heavy atom. The Balaban J connectivity index is 2.50. The van der Waals surface area contributed by atoms with Gasteiger partial charge in [0.1, 0.15) is 12.5 Å². The number of hydrazone groups is 1. The van der Waals surface area contributed by atoms with Crippen LogP contribution in [0.3, 0.4) is 0 Å². The van der Waals surface area contributed by atoms with Gasteiger partial charge in [-0.25, -0.2) is 0 Å². The van der Waals surface area contributed by atoms with Crippen LogP contribution in [0.5, 0.6) is 0 Å². The van der Waals surface area contributed by atoms with Crippen LogP contribution in [0, 0.1) is 11.3 Å². The van der Waals surface area contributed by atoms with Gasteiger partial charge >= 0.3 is 0 Å². The van der Waals surface area contributed by atoms with Gasteiger partial charge < -0.3 is 4.90 Å². The molecule has 0 amide bonds. The predicted octanol–water partition coefficient (Wildman–Crippen LogP) is 2.25. The molecule has 0 saturated carbocycles. The van der Waals surface area contributed by atoms with Gasteiger partial charge in [-0.1, -0.05) is 34.6 Å². The van der Waals surface area contributed by atoms with Crippen LogP contribution < -0.4 is 5.43 Å². The zero-order chi connectivity index (χ0) is 10.8. The van der Waals surface area contributed by atoms with E-state index >= 15 is 0 Å². The second kappa shape index (κ2) is 4.20. The molecule has 1 aliphatic rings. The van der Waals surface area contributed by atoms with Crippen LogP contribution in [0.2, 0.25) is 0 Å². The molecule has 3 heteroatoms. The van der Waals surface area contributed by atoms with E-state index in [1.165, 1.54) is 5.84 Å². The van der Waals surface area contributed by atoms with E-state index in [0.29, 0.717) is 11.3 Å². The Labute approximate surface area is 87.6 Å². The van der Waals surface area contributed by atoms with E-state index in [-0.39, 0.29) is 0 Å². The van der Waals surface area contributed by atoms with E-state index in [1.54, 1.807) is 0 Å². The van der Waals surface area contributed by atoms with E-state index in [4.69, 9.17) is 0 Å². The molecule has 0 saturated heterocycles. The number of nitrogens with one attached hydrogen (secondary N) is 1. The van der Waals surface area contributed by atoms with Crippen molar-refractivity contribution in [3.8, 4) is 0 Å². The zero-order valence-electron chi connectivity index (χ0n) is 10.1. The highest BCUT2D eigenvalue weighted by Gasteiger charge is 2.22. The molecule has 0 aromatic rings. The molecule has 82 valence electrons. The fourth-order valence-electron chi connectivity index (χ4n) is 1.63. The summed E-state index contributed by atoms with van der Waals surface area (Å²) >= 11 is 0. The summed E-state index contributed by atoms with van der Waals surface area (Å²) in [5.41, 5.74) is 3.40. The summed E-state index contributed by atoms with van der Waals surface area (Å²) in [7, 11) is 0. The smallest absolute Gasteiger partial charge is 0.126 e. The third-order valence-electron chi connectivity index (χ3n) is 2.09. The summed E-state index contributed by atoms with van der Waals surface area (Å²) in [6, 6.07) is 0. The third-order valence-corrected chi connectivity index (χ3v) is 2.09. The first-order chi connectivity index (χ1) is 6.38. The Kier molecular flexibility index (Phi) is 3.40. The van der Waals surface area contributed by atoms with Crippen molar-refractivity contribution < 1.29 is 0 Å². The molecular weight excluding hydrogens is 174 g/mol. The van der Waals surface area contributed by atoms with Crippen molar-refractivity contribution >= 4 is 5.84 Å². The number of amidine groups is 1. The molecule has 0 atom stereocenters. The lowest BCUT2D eigenvalue weighted by Gasteiger charge is -2.28. The van der Waals surface area contributed by atoms with Crippen LogP contribution in [0.25, 0.3) is 0 Å². The molecule has 3 nitrogen and oxygen atoms in total. The van der Waals surface area contributed by atoms with Crippen molar-refractivity contribution in [3.05, 3.63) is 0 Å². The van der Waals surface area contributed by atoms with E-state index in [2.05, 4.69) is 50.0 Å². The van der Waals surface area contributed by atoms with Crippen LogP contribution >= 0.6 is 0 Å². The van der Waals surface area contributed by atoms with Crippen molar-refractivity contribution in [3.63, 3.8) is 0 Å². The average Bonchev–Trinajstić information content (AvgIpc) is 2.32. The van der Waals surface area contributed by atoms with Crippen LogP contribution in [0.15, 0.2) is 5.10 Å². The highest BCUT2D eigenvalue weighted by Crippen LogP contribution is 2.18. The molecule has 1 aliphatic heterocycles. The minimum absolute atomic E-state index is 0.337. The third kappa shape index (κ3) is 3.56. The normalized spacial score (nSPS) is 17.3. The van der Waals surface area contributed by atoms with Crippen LogP contribution in [0.1, 0.15) is 41.0 Å². The number of hydrogen-bond acceptors (Lipinski definition) is 3. The van der Waals surface area contributed by atoms with E-state index < -0.39 is 0 Å². The zero-order valence-corrected chi connectivity index (χ0v) is 10.1. The summed E-state index contributed by atoms with van der Waals surface area (Å²) in [4.78, 5) is 2.35. The Morgan fingerprint density at radius 2 is 2.07 bits per heavy atom. The first-order valence-corrected chi connectivity index (χ1v) is 5.43. The van der Waals surface area contributed by atoms with E-state index in [9.17, 15) is 0 Å². The molecule has 1 heterocycles. The average molecular weight is 197 g/mol. The lowest BCUT2D eigenvalue weighted by Crippen LogP contribution is -2.37. The first-order valence-electron chi connectivity index (χ1n) is 5.43. The first kappa shape index (κ1) is 11.3. The molecular formula is C11H23N3. The molecule has 0 aromatic carbocycles. The second-order valence-corrected chi connectivity index (χ2v) is 5.70. The molecule has 0 radical (unpaired) electrons. The largest absolute Gasteiger partial charge is 0.339 e. The Hall–Kier alpha value is -0.730. The molecule has 1 N–H and O–H groups in total. The van der Waals surface area contributed by atoms with E-state index in [1.807, 2.05) is 0 Å². The number of hydrogen-bond donors (Lipinski definition) is 1. The molecule has 14 heavy (non-hydrogen) atoms. The topological polar surface area (TPSA) is 27.6 Å². The van der Waals surface area contributed by atoms with Gasteiger partial charge in [0.2, 0.25) is 0 Å². The molecule has 0 aromatic heterocycles. The van der Waals surface area contributed by atoms with Gasteiger partial charge in [0.25, 0.3) is 0 Å². The van der Waals surface area contributed by atoms with Crippen LogP contribution in [0.4, 0.5) is 0 Å². The summed E-state index contributed by atoms with van der Waals surface area (Å²) in [6.45, 7) is 13.2. The summed E-state index contributed by atoms with van der Waals surface area (Å²) in [5, 5.41) is 4.33. The van der Waals surface area contributed by atoms with Crippen LogP contribution in [-0.4, -0.2) is 23.9 Å². The minimum atomic E-state index is 0.337. The predicted molar refractivity (Wildman–Crippen MR) is 61.1 cm³/mol. The van der Waals surface area contributed by atoms with Gasteiger partial charge in [0, 0.05) is 13.0 Å². The van der Waals surface area contributed by atoms with Crippen molar-refractivity contribution in [2.24, 2.45) is 16.4 Å². The fourth-order valence-corrected chi connectivity index (χ4v) is 1.63. The monoisotopic (exact) mass is 197 g/mol. The van der Waals surface area contributed by atoms with Crippen molar-refractivity contribution in [1.29, 1.82) is 0 Å². The maximum Gasteiger partial charge on any atom is 0.126 e. The van der Waals surface area contributed by atoms with Gasteiger partial charge in [-0.15, -0.1) is 0 Å². The van der Waals surface area contributed by atoms with Gasteiger partial charge in [-0.3, -0.25) is 5.43 Å². The second-order valence-electron chi connectivity index (χ2n) is 5.70. The highest BCUT2D eigenvalue weighted by molar-refractivity contribution is 5.83. The van der Waals surface area contributed by atoms with Crippen LogP contribution in [-0.2, 0) is 0 Å². The van der Waals surface area contributed by atoms with Crippen molar-refractivity contribution in [2.75, 3.05) is 13.2 Å². The molecule has 0 spiro atoms. The lowest BCUT2D eigenvalue weighted by molar-refractivity contribution is 0.275. The maximum absolute atomic E-state index is 4.33. The fraction of sp³-hybridized carbons (Fsp3) is 0.909. The SMILES string of the molecule is CC(C)CC1=NNCN1CC(C)(C)C. The van der Waals surface area contributed by atoms with E-state index in [0.717, 1.165) is 19.6 Å². The maximum atomic E-state index is 4.33. The molecule has 0 fully saturated rings. The summed E-state index contributed by atoms with van der Waals surface area (Å²) in [6.07, 6.45) is 1.07. The minimum Gasteiger partial charge on any atom is -0.339 e. The standard InChI is InChI=1S/C11H23N3/c1-9(2)6-10-13-12-8-14(10)7-11(3,4)5/h9,12H,6-8H2,1-5H3. The van der Waals surface area contributed by atoms with Gasteiger partial charge in [0.15, 0.2) is 0 Å². The van der Waals surface area contributed by atoms with Crippen molar-refractivity contribution in [2.45, 2.75) is 41.0 Å². The molecule has 0 unspecified atom stereocenters. The lowest BCUT2D eigenvalue weighted by atomic mass is 9.96. The van der Waals surface area contributed by atoms with Crippen molar-refractivity contribution in [1.82, 2.24) is 10.3 Å². The molecule has 0 bridgehead atoms. The number of rotatable bonds is 3. The quantitative estimate of drug-likeness (QED) is 0.751. The summed E-state index contributed by atoms with van der Waals surface area (Å²) < 4.78 is 0. The highest BCUT2D eigenvalue weighted by atomic mass is 15.5. The number of nitrogens with zero attached hydrogens (tertiary/aromatic N) is 2.